The molecule has 1 atom stereocenters. The van der Waals surface area contributed by atoms with E-state index in [2.05, 4.69) is 29.6 Å². The summed E-state index contributed by atoms with van der Waals surface area (Å²) < 4.78 is 16.2. The summed E-state index contributed by atoms with van der Waals surface area (Å²) in [5.41, 5.74) is 5.55. The molecule has 0 spiro atoms. The molecule has 188 valence electrons. The number of fused-ring (bicyclic) bond motifs is 3. The van der Waals surface area contributed by atoms with E-state index in [4.69, 9.17) is 14.2 Å². The molecule has 36 heavy (non-hydrogen) atoms. The van der Waals surface area contributed by atoms with Crippen molar-refractivity contribution in [1.82, 2.24) is 10.2 Å². The van der Waals surface area contributed by atoms with E-state index < -0.39 is 18.4 Å². The lowest BCUT2D eigenvalue weighted by molar-refractivity contribution is -0.147. The molecule has 0 aromatic heterocycles. The highest BCUT2D eigenvalue weighted by Crippen LogP contribution is 2.44. The number of ether oxygens (including phenoxy) is 3. The van der Waals surface area contributed by atoms with Crippen molar-refractivity contribution in [3.63, 3.8) is 0 Å². The largest absolute Gasteiger partial charge is 0.449 e. The van der Waals surface area contributed by atoms with Crippen LogP contribution in [0.3, 0.4) is 0 Å². The van der Waals surface area contributed by atoms with E-state index in [1.54, 1.807) is 11.8 Å². The van der Waals surface area contributed by atoms with E-state index in [0.29, 0.717) is 6.54 Å². The fraction of sp³-hybridized carbons (Fsp3) is 0.310. The Bertz CT molecular complexity index is 1130. The Morgan fingerprint density at radius 2 is 1.42 bits per heavy atom. The van der Waals surface area contributed by atoms with Crippen LogP contribution in [0.5, 0.6) is 0 Å². The molecule has 0 bridgehead atoms. The second kappa shape index (κ2) is 11.8. The summed E-state index contributed by atoms with van der Waals surface area (Å²) in [7, 11) is 3.05. The maximum absolute atomic E-state index is 13.3. The Morgan fingerprint density at radius 1 is 0.861 bits per heavy atom. The van der Waals surface area contributed by atoms with E-state index in [1.807, 2.05) is 54.6 Å². The molecule has 0 fully saturated rings. The van der Waals surface area contributed by atoms with Gasteiger partial charge in [-0.1, -0.05) is 78.9 Å². The Kier molecular flexibility index (Phi) is 8.36. The highest BCUT2D eigenvalue weighted by atomic mass is 16.7. The van der Waals surface area contributed by atoms with Crippen LogP contribution >= 0.6 is 0 Å². The Morgan fingerprint density at radius 3 is 2.00 bits per heavy atom. The van der Waals surface area contributed by atoms with Gasteiger partial charge in [0.2, 0.25) is 5.91 Å². The molecule has 2 amide bonds. The fourth-order valence-electron chi connectivity index (χ4n) is 4.61. The molecule has 7 nitrogen and oxygen atoms in total. The average Bonchev–Trinajstić information content (AvgIpc) is 3.23. The van der Waals surface area contributed by atoms with Crippen LogP contribution in [0.25, 0.3) is 11.1 Å². The standard InChI is InChI=1S/C29H32N2O5/c1-20(28(32)31(18-27(34-2)35-3)17-21-11-5-4-6-12-21)30-29(33)36-19-26-24-15-9-7-13-22(24)23-14-8-10-16-25(23)26/h4-16,20,26-27H,17-19H2,1-3H3,(H,30,33)/t20-/m0/s1. The van der Waals surface area contributed by atoms with Crippen molar-refractivity contribution in [3.8, 4) is 11.1 Å². The molecule has 1 aliphatic rings. The number of alkyl carbamates (subject to hydrolysis) is 1. The molecule has 1 aliphatic carbocycles. The van der Waals surface area contributed by atoms with Gasteiger partial charge in [0.05, 0.1) is 6.54 Å². The first-order valence-electron chi connectivity index (χ1n) is 12.0. The second-order valence-electron chi connectivity index (χ2n) is 8.80. The molecule has 4 rings (SSSR count). The van der Waals surface area contributed by atoms with Gasteiger partial charge in [-0.05, 0) is 34.7 Å². The summed E-state index contributed by atoms with van der Waals surface area (Å²) in [5.74, 6) is -0.306. The van der Waals surface area contributed by atoms with Gasteiger partial charge < -0.3 is 24.4 Å². The highest BCUT2D eigenvalue weighted by Gasteiger charge is 2.30. The van der Waals surface area contributed by atoms with Gasteiger partial charge in [-0.25, -0.2) is 4.79 Å². The molecular weight excluding hydrogens is 456 g/mol. The van der Waals surface area contributed by atoms with Crippen molar-refractivity contribution >= 4 is 12.0 Å². The molecule has 0 saturated carbocycles. The predicted molar refractivity (Wildman–Crippen MR) is 137 cm³/mol. The number of nitrogens with zero attached hydrogens (tertiary/aromatic N) is 1. The van der Waals surface area contributed by atoms with Crippen molar-refractivity contribution in [2.24, 2.45) is 0 Å². The van der Waals surface area contributed by atoms with E-state index in [0.717, 1.165) is 27.8 Å². The number of hydrogen-bond acceptors (Lipinski definition) is 5. The molecule has 0 aliphatic heterocycles. The van der Waals surface area contributed by atoms with Crippen molar-refractivity contribution in [1.29, 1.82) is 0 Å². The number of amides is 2. The first-order chi connectivity index (χ1) is 17.5. The SMILES string of the molecule is COC(CN(Cc1ccccc1)C(=O)[C@H](C)NC(=O)OCC1c2ccccc2-c2ccccc21)OC. The molecule has 0 radical (unpaired) electrons. The topological polar surface area (TPSA) is 77.1 Å². The summed E-state index contributed by atoms with van der Waals surface area (Å²) in [6.07, 6.45) is -1.22. The minimum Gasteiger partial charge on any atom is -0.449 e. The van der Waals surface area contributed by atoms with Gasteiger partial charge in [-0.15, -0.1) is 0 Å². The molecular formula is C29H32N2O5. The summed E-state index contributed by atoms with van der Waals surface area (Å²) in [4.78, 5) is 27.6. The van der Waals surface area contributed by atoms with Gasteiger partial charge in [-0.3, -0.25) is 4.79 Å². The van der Waals surface area contributed by atoms with Crippen molar-refractivity contribution in [2.75, 3.05) is 27.4 Å². The molecule has 0 saturated heterocycles. The average molecular weight is 489 g/mol. The van der Waals surface area contributed by atoms with Crippen LogP contribution in [0.2, 0.25) is 0 Å². The summed E-state index contributed by atoms with van der Waals surface area (Å²) >= 11 is 0. The minimum atomic E-state index is -0.793. The van der Waals surface area contributed by atoms with E-state index in [1.165, 1.54) is 14.2 Å². The van der Waals surface area contributed by atoms with Gasteiger partial charge in [0.15, 0.2) is 6.29 Å². The van der Waals surface area contributed by atoms with E-state index in [-0.39, 0.29) is 25.0 Å². The monoisotopic (exact) mass is 488 g/mol. The summed E-state index contributed by atoms with van der Waals surface area (Å²) in [5, 5.41) is 2.69. The number of nitrogens with one attached hydrogen (secondary N) is 1. The molecule has 1 N–H and O–H groups in total. The lowest BCUT2D eigenvalue weighted by atomic mass is 9.98. The normalized spacial score (nSPS) is 13.1. The lowest BCUT2D eigenvalue weighted by Gasteiger charge is -2.29. The van der Waals surface area contributed by atoms with Crippen molar-refractivity contribution in [3.05, 3.63) is 95.6 Å². The predicted octanol–water partition coefficient (Wildman–Crippen LogP) is 4.56. The fourth-order valence-corrected chi connectivity index (χ4v) is 4.61. The number of carbonyl (C=O) groups is 2. The Labute approximate surface area is 212 Å². The number of rotatable bonds is 10. The number of hydrogen-bond donors (Lipinski definition) is 1. The third-order valence-electron chi connectivity index (χ3n) is 6.47. The zero-order valence-electron chi connectivity index (χ0n) is 20.8. The quantitative estimate of drug-likeness (QED) is 0.424. The van der Waals surface area contributed by atoms with Crippen LogP contribution in [-0.2, 0) is 25.5 Å². The number of benzene rings is 3. The van der Waals surface area contributed by atoms with Crippen LogP contribution in [-0.4, -0.2) is 56.6 Å². The molecule has 3 aromatic carbocycles. The van der Waals surface area contributed by atoms with Crippen molar-refractivity contribution < 1.29 is 23.8 Å². The molecule has 3 aromatic rings. The number of methoxy groups -OCH3 is 2. The van der Waals surface area contributed by atoms with Gasteiger partial charge in [0.1, 0.15) is 12.6 Å². The lowest BCUT2D eigenvalue weighted by Crippen LogP contribution is -2.49. The Balaban J connectivity index is 1.39. The maximum Gasteiger partial charge on any atom is 0.407 e. The third-order valence-corrected chi connectivity index (χ3v) is 6.47. The minimum absolute atomic E-state index is 0.0482. The Hall–Kier alpha value is -3.68. The van der Waals surface area contributed by atoms with Gasteiger partial charge in [-0.2, -0.15) is 0 Å². The van der Waals surface area contributed by atoms with Crippen molar-refractivity contribution in [2.45, 2.75) is 31.7 Å². The molecule has 0 unspecified atom stereocenters. The zero-order chi connectivity index (χ0) is 25.5. The molecule has 0 heterocycles. The van der Waals surface area contributed by atoms with Gasteiger partial charge in [0.25, 0.3) is 0 Å². The first kappa shape index (κ1) is 25.4. The molecule has 7 heteroatoms. The summed E-state index contributed by atoms with van der Waals surface area (Å²) in [6.45, 7) is 2.41. The number of carbonyl (C=O) groups excluding carboxylic acids is 2. The van der Waals surface area contributed by atoms with Crippen LogP contribution < -0.4 is 5.32 Å². The summed E-state index contributed by atoms with van der Waals surface area (Å²) in [6, 6.07) is 25.2. The van der Waals surface area contributed by atoms with Gasteiger partial charge >= 0.3 is 6.09 Å². The zero-order valence-corrected chi connectivity index (χ0v) is 20.8. The van der Waals surface area contributed by atoms with Crippen LogP contribution in [0.15, 0.2) is 78.9 Å². The van der Waals surface area contributed by atoms with Crippen LogP contribution in [0.4, 0.5) is 4.79 Å². The van der Waals surface area contributed by atoms with Crippen LogP contribution in [0.1, 0.15) is 29.5 Å². The third kappa shape index (κ3) is 5.75. The first-order valence-corrected chi connectivity index (χ1v) is 12.0. The second-order valence-corrected chi connectivity index (χ2v) is 8.80. The van der Waals surface area contributed by atoms with Crippen LogP contribution in [0, 0.1) is 0 Å². The van der Waals surface area contributed by atoms with E-state index in [9.17, 15) is 9.59 Å². The van der Waals surface area contributed by atoms with Gasteiger partial charge in [0, 0.05) is 26.7 Å². The highest BCUT2D eigenvalue weighted by molar-refractivity contribution is 5.85. The maximum atomic E-state index is 13.3. The van der Waals surface area contributed by atoms with E-state index >= 15 is 0 Å². The smallest absolute Gasteiger partial charge is 0.407 e.